The van der Waals surface area contributed by atoms with Gasteiger partial charge in [0.05, 0.1) is 0 Å². The van der Waals surface area contributed by atoms with Crippen molar-refractivity contribution in [1.82, 2.24) is 0 Å². The highest BCUT2D eigenvalue weighted by molar-refractivity contribution is 5.21. The number of benzene rings is 1. The molecule has 2 N–H and O–H groups in total. The van der Waals surface area contributed by atoms with E-state index in [0.29, 0.717) is 5.92 Å². The minimum Gasteiger partial charge on any atom is -0.330 e. The van der Waals surface area contributed by atoms with E-state index in [2.05, 4.69) is 38.1 Å². The van der Waals surface area contributed by atoms with Gasteiger partial charge in [-0.15, -0.1) is 0 Å². The van der Waals surface area contributed by atoms with Crippen LogP contribution in [-0.2, 0) is 6.42 Å². The van der Waals surface area contributed by atoms with Crippen LogP contribution in [-0.4, -0.2) is 6.54 Å². The van der Waals surface area contributed by atoms with E-state index in [9.17, 15) is 0 Å². The van der Waals surface area contributed by atoms with Crippen LogP contribution in [0.1, 0.15) is 30.9 Å². The molecule has 0 fully saturated rings. The van der Waals surface area contributed by atoms with Gasteiger partial charge in [-0.3, -0.25) is 0 Å². The molecule has 0 saturated carbocycles. The van der Waals surface area contributed by atoms with Crippen LogP contribution in [0.5, 0.6) is 0 Å². The molecule has 0 amide bonds. The van der Waals surface area contributed by atoms with Crippen LogP contribution < -0.4 is 5.73 Å². The van der Waals surface area contributed by atoms with Crippen LogP contribution in [0.3, 0.4) is 0 Å². The second-order valence-corrected chi connectivity index (χ2v) is 4.22. The van der Waals surface area contributed by atoms with E-state index in [-0.39, 0.29) is 0 Å². The maximum absolute atomic E-state index is 5.57. The smallest absolute Gasteiger partial charge is 0.00515 e. The van der Waals surface area contributed by atoms with Crippen molar-refractivity contribution in [3.8, 4) is 0 Å². The highest BCUT2D eigenvalue weighted by atomic mass is 14.5. The van der Waals surface area contributed by atoms with E-state index < -0.39 is 0 Å². The summed E-state index contributed by atoms with van der Waals surface area (Å²) in [7, 11) is 0. The fraction of sp³-hybridized carbons (Fsp3) is 0.538. The van der Waals surface area contributed by atoms with Gasteiger partial charge in [0.1, 0.15) is 0 Å². The molecule has 0 heterocycles. The minimum absolute atomic E-state index is 0.667. The van der Waals surface area contributed by atoms with Crippen molar-refractivity contribution in [3.63, 3.8) is 0 Å². The van der Waals surface area contributed by atoms with E-state index in [1.54, 1.807) is 0 Å². The Balaban J connectivity index is 2.28. The van der Waals surface area contributed by atoms with E-state index >= 15 is 0 Å². The van der Waals surface area contributed by atoms with Crippen LogP contribution in [0.4, 0.5) is 0 Å². The molecule has 14 heavy (non-hydrogen) atoms. The topological polar surface area (TPSA) is 26.0 Å². The number of nitrogens with two attached hydrogens (primary N) is 1. The van der Waals surface area contributed by atoms with Crippen molar-refractivity contribution < 1.29 is 0 Å². The van der Waals surface area contributed by atoms with E-state index in [0.717, 1.165) is 6.54 Å². The second kappa shape index (κ2) is 5.82. The summed E-state index contributed by atoms with van der Waals surface area (Å²) in [5.41, 5.74) is 8.35. The first-order valence-corrected chi connectivity index (χ1v) is 5.48. The molecule has 1 aromatic carbocycles. The number of aryl methyl sites for hydroxylation is 2. The highest BCUT2D eigenvalue weighted by Crippen LogP contribution is 2.10. The van der Waals surface area contributed by atoms with Crippen molar-refractivity contribution in [2.24, 2.45) is 11.7 Å². The molecule has 0 saturated heterocycles. The van der Waals surface area contributed by atoms with Crippen LogP contribution in [0.15, 0.2) is 24.3 Å². The third-order valence-corrected chi connectivity index (χ3v) is 2.69. The lowest BCUT2D eigenvalue weighted by Gasteiger charge is -2.07. The second-order valence-electron chi connectivity index (χ2n) is 4.22. The van der Waals surface area contributed by atoms with Gasteiger partial charge in [0.25, 0.3) is 0 Å². The molecule has 1 aromatic rings. The molecule has 0 aliphatic heterocycles. The zero-order chi connectivity index (χ0) is 10.4. The fourth-order valence-corrected chi connectivity index (χ4v) is 1.53. The number of hydrogen-bond acceptors (Lipinski definition) is 1. The Morgan fingerprint density at radius 1 is 1.21 bits per heavy atom. The largest absolute Gasteiger partial charge is 0.330 e. The van der Waals surface area contributed by atoms with E-state index in [1.165, 1.54) is 30.4 Å². The summed E-state index contributed by atoms with van der Waals surface area (Å²) in [6, 6.07) is 8.81. The zero-order valence-corrected chi connectivity index (χ0v) is 9.29. The Bertz CT molecular complexity index is 250. The Morgan fingerprint density at radius 3 is 2.43 bits per heavy atom. The highest BCUT2D eigenvalue weighted by Gasteiger charge is 1.99. The molecule has 0 aliphatic rings. The van der Waals surface area contributed by atoms with E-state index in [4.69, 9.17) is 5.73 Å². The molecule has 1 nitrogen and oxygen atoms in total. The average Bonchev–Trinajstić information content (AvgIpc) is 2.21. The number of rotatable bonds is 5. The van der Waals surface area contributed by atoms with Gasteiger partial charge >= 0.3 is 0 Å². The fourth-order valence-electron chi connectivity index (χ4n) is 1.53. The predicted octanol–water partition coefficient (Wildman–Crippen LogP) is 2.91. The Morgan fingerprint density at radius 2 is 1.86 bits per heavy atom. The molecule has 0 aliphatic carbocycles. The van der Waals surface area contributed by atoms with Crippen LogP contribution in [0.2, 0.25) is 0 Å². The van der Waals surface area contributed by atoms with Crippen molar-refractivity contribution in [1.29, 1.82) is 0 Å². The summed E-state index contributed by atoms with van der Waals surface area (Å²) < 4.78 is 0. The lowest BCUT2D eigenvalue weighted by molar-refractivity contribution is 0.520. The number of hydrogen-bond donors (Lipinski definition) is 1. The summed E-state index contributed by atoms with van der Waals surface area (Å²) in [6.45, 7) is 5.16. The molecule has 0 aromatic heterocycles. The standard InChI is InChI=1S/C13H21N/c1-11-6-8-13(9-7-11)5-3-4-12(2)10-14/h6-9,12H,3-5,10,14H2,1-2H3/t12-/m1/s1. The quantitative estimate of drug-likeness (QED) is 0.761. The molecule has 1 atom stereocenters. The van der Waals surface area contributed by atoms with Gasteiger partial charge in [0.2, 0.25) is 0 Å². The molecule has 78 valence electrons. The maximum Gasteiger partial charge on any atom is -0.00515 e. The maximum atomic E-state index is 5.57. The molecular weight excluding hydrogens is 170 g/mol. The Kier molecular flexibility index (Phi) is 4.68. The van der Waals surface area contributed by atoms with Gasteiger partial charge in [-0.25, -0.2) is 0 Å². The Labute approximate surface area is 87.3 Å². The third-order valence-electron chi connectivity index (χ3n) is 2.69. The van der Waals surface area contributed by atoms with Gasteiger partial charge in [-0.1, -0.05) is 36.8 Å². The van der Waals surface area contributed by atoms with Gasteiger partial charge in [-0.05, 0) is 44.2 Å². The monoisotopic (exact) mass is 191 g/mol. The molecule has 0 bridgehead atoms. The molecule has 1 heteroatoms. The van der Waals surface area contributed by atoms with Crippen molar-refractivity contribution in [3.05, 3.63) is 35.4 Å². The summed E-state index contributed by atoms with van der Waals surface area (Å²) in [5, 5.41) is 0. The first-order valence-electron chi connectivity index (χ1n) is 5.48. The molecule has 1 rings (SSSR count). The summed E-state index contributed by atoms with van der Waals surface area (Å²) in [5.74, 6) is 0.667. The predicted molar refractivity (Wildman–Crippen MR) is 62.3 cm³/mol. The first kappa shape index (κ1) is 11.3. The van der Waals surface area contributed by atoms with Gasteiger partial charge < -0.3 is 5.73 Å². The summed E-state index contributed by atoms with van der Waals surface area (Å²) in [6.07, 6.45) is 3.68. The van der Waals surface area contributed by atoms with Crippen LogP contribution in [0.25, 0.3) is 0 Å². The lowest BCUT2D eigenvalue weighted by Crippen LogP contribution is -2.10. The van der Waals surface area contributed by atoms with Crippen molar-refractivity contribution >= 4 is 0 Å². The van der Waals surface area contributed by atoms with E-state index in [1.807, 2.05) is 0 Å². The normalized spacial score (nSPS) is 12.8. The molecule has 0 unspecified atom stereocenters. The first-order chi connectivity index (χ1) is 6.72. The molecule has 0 radical (unpaired) electrons. The third kappa shape index (κ3) is 3.93. The van der Waals surface area contributed by atoms with Crippen LogP contribution in [0, 0.1) is 12.8 Å². The lowest BCUT2D eigenvalue weighted by atomic mass is 10.0. The SMILES string of the molecule is Cc1ccc(CCC[C@@H](C)CN)cc1. The molecular formula is C13H21N. The summed E-state index contributed by atoms with van der Waals surface area (Å²) in [4.78, 5) is 0. The van der Waals surface area contributed by atoms with Crippen LogP contribution >= 0.6 is 0 Å². The van der Waals surface area contributed by atoms with Gasteiger partial charge in [-0.2, -0.15) is 0 Å². The van der Waals surface area contributed by atoms with Gasteiger partial charge in [0.15, 0.2) is 0 Å². The van der Waals surface area contributed by atoms with Crippen molar-refractivity contribution in [2.45, 2.75) is 33.1 Å². The Hall–Kier alpha value is -0.820. The average molecular weight is 191 g/mol. The summed E-state index contributed by atoms with van der Waals surface area (Å²) >= 11 is 0. The van der Waals surface area contributed by atoms with Gasteiger partial charge in [0, 0.05) is 0 Å². The molecule has 0 spiro atoms. The van der Waals surface area contributed by atoms with Crippen molar-refractivity contribution in [2.75, 3.05) is 6.54 Å². The minimum atomic E-state index is 0.667. The zero-order valence-electron chi connectivity index (χ0n) is 9.29.